The van der Waals surface area contributed by atoms with E-state index in [1.165, 1.54) is 22.3 Å². The van der Waals surface area contributed by atoms with Crippen molar-refractivity contribution in [1.82, 2.24) is 9.55 Å². The van der Waals surface area contributed by atoms with Gasteiger partial charge in [0.15, 0.2) is 0 Å². The van der Waals surface area contributed by atoms with Gasteiger partial charge in [-0.05, 0) is 49.2 Å². The maximum absolute atomic E-state index is 4.53. The molecule has 0 spiro atoms. The molecule has 0 bridgehead atoms. The highest BCUT2D eigenvalue weighted by Crippen LogP contribution is 2.26. The van der Waals surface area contributed by atoms with Gasteiger partial charge in [-0.3, -0.25) is 4.57 Å². The maximum atomic E-state index is 4.53. The zero-order chi connectivity index (χ0) is 15.8. The topological polar surface area (TPSA) is 17.8 Å². The summed E-state index contributed by atoms with van der Waals surface area (Å²) in [5.41, 5.74) is 8.27. The van der Waals surface area contributed by atoms with Crippen molar-refractivity contribution in [2.75, 3.05) is 0 Å². The van der Waals surface area contributed by atoms with Crippen molar-refractivity contribution in [3.05, 3.63) is 84.2 Å². The van der Waals surface area contributed by atoms with Crippen LogP contribution in [0.1, 0.15) is 11.1 Å². The van der Waals surface area contributed by atoms with Gasteiger partial charge in [0.1, 0.15) is 6.33 Å². The highest BCUT2D eigenvalue weighted by atomic mass is 15.0. The van der Waals surface area contributed by atoms with Crippen molar-refractivity contribution < 1.29 is 0 Å². The van der Waals surface area contributed by atoms with Crippen LogP contribution in [0, 0.1) is 13.8 Å². The highest BCUT2D eigenvalue weighted by Gasteiger charge is 2.07. The van der Waals surface area contributed by atoms with Gasteiger partial charge in [0, 0.05) is 5.69 Å². The number of imidazole rings is 1. The van der Waals surface area contributed by atoms with E-state index in [0.717, 1.165) is 16.7 Å². The summed E-state index contributed by atoms with van der Waals surface area (Å²) in [5.74, 6) is 0. The Bertz CT molecular complexity index is 961. The molecule has 23 heavy (non-hydrogen) atoms. The Hall–Kier alpha value is -2.87. The molecule has 0 saturated heterocycles. The van der Waals surface area contributed by atoms with Crippen LogP contribution in [-0.2, 0) is 0 Å². The third-order valence-corrected chi connectivity index (χ3v) is 4.24. The van der Waals surface area contributed by atoms with Crippen LogP contribution in [-0.4, -0.2) is 9.55 Å². The van der Waals surface area contributed by atoms with E-state index >= 15 is 0 Å². The van der Waals surface area contributed by atoms with Crippen molar-refractivity contribution in [3.8, 4) is 16.8 Å². The Morgan fingerprint density at radius 1 is 0.696 bits per heavy atom. The van der Waals surface area contributed by atoms with Crippen LogP contribution >= 0.6 is 0 Å². The molecule has 0 aliphatic rings. The Balaban J connectivity index is 1.86. The predicted molar refractivity (Wildman–Crippen MR) is 96.0 cm³/mol. The number of benzene rings is 3. The minimum atomic E-state index is 1.02. The van der Waals surface area contributed by atoms with Gasteiger partial charge in [0.2, 0.25) is 0 Å². The lowest BCUT2D eigenvalue weighted by molar-refractivity contribution is 1.09. The number of rotatable bonds is 2. The fourth-order valence-corrected chi connectivity index (χ4v) is 2.84. The summed E-state index contributed by atoms with van der Waals surface area (Å²) >= 11 is 0. The number of nitrogens with zero attached hydrogens (tertiary/aromatic N) is 2. The van der Waals surface area contributed by atoms with Crippen LogP contribution in [0.2, 0.25) is 0 Å². The molecule has 1 aromatic heterocycles. The number of hydrogen-bond acceptors (Lipinski definition) is 1. The zero-order valence-electron chi connectivity index (χ0n) is 13.3. The third-order valence-electron chi connectivity index (χ3n) is 4.24. The van der Waals surface area contributed by atoms with Crippen molar-refractivity contribution >= 4 is 11.0 Å². The number of aryl methyl sites for hydroxylation is 2. The van der Waals surface area contributed by atoms with Gasteiger partial charge in [-0.1, -0.05) is 53.6 Å². The van der Waals surface area contributed by atoms with Crippen LogP contribution in [0.5, 0.6) is 0 Å². The average molecular weight is 298 g/mol. The minimum Gasteiger partial charge on any atom is -0.299 e. The van der Waals surface area contributed by atoms with Gasteiger partial charge in [-0.25, -0.2) is 4.98 Å². The van der Waals surface area contributed by atoms with Crippen LogP contribution in [0.4, 0.5) is 0 Å². The molecule has 0 radical (unpaired) electrons. The van der Waals surface area contributed by atoms with Crippen molar-refractivity contribution in [2.24, 2.45) is 0 Å². The summed E-state index contributed by atoms with van der Waals surface area (Å²) in [7, 11) is 0. The fourth-order valence-electron chi connectivity index (χ4n) is 2.84. The largest absolute Gasteiger partial charge is 0.299 e. The van der Waals surface area contributed by atoms with Gasteiger partial charge in [-0.15, -0.1) is 0 Å². The van der Waals surface area contributed by atoms with Crippen molar-refractivity contribution in [1.29, 1.82) is 0 Å². The Labute approximate surface area is 136 Å². The van der Waals surface area contributed by atoms with Crippen LogP contribution in [0.25, 0.3) is 27.8 Å². The molecular weight excluding hydrogens is 280 g/mol. The number of fused-ring (bicyclic) bond motifs is 1. The molecule has 0 aliphatic heterocycles. The normalized spacial score (nSPS) is 11.0. The second kappa shape index (κ2) is 5.40. The molecule has 0 atom stereocenters. The second-order valence-corrected chi connectivity index (χ2v) is 6.02. The smallest absolute Gasteiger partial charge is 0.100 e. The summed E-state index contributed by atoms with van der Waals surface area (Å²) in [6, 6.07) is 23.6. The number of aromatic nitrogens is 2. The zero-order valence-corrected chi connectivity index (χ0v) is 13.3. The fraction of sp³-hybridized carbons (Fsp3) is 0.0952. The standard InChI is InChI=1S/C21H18N2/c1-15-3-7-17(8-4-15)18-9-12-20-21(13-18)23(14-22-20)19-10-5-16(2)6-11-19/h3-14H,1-2H3. The first kappa shape index (κ1) is 13.8. The molecule has 2 heteroatoms. The molecule has 4 rings (SSSR count). The molecular formula is C21H18N2. The molecule has 0 unspecified atom stereocenters. The monoisotopic (exact) mass is 298 g/mol. The van der Waals surface area contributed by atoms with E-state index in [4.69, 9.17) is 0 Å². The first-order chi connectivity index (χ1) is 11.2. The molecule has 0 N–H and O–H groups in total. The van der Waals surface area contributed by atoms with E-state index in [1.54, 1.807) is 0 Å². The quantitative estimate of drug-likeness (QED) is 0.490. The van der Waals surface area contributed by atoms with Crippen molar-refractivity contribution in [3.63, 3.8) is 0 Å². The molecule has 0 amide bonds. The molecule has 0 saturated carbocycles. The average Bonchev–Trinajstić information content (AvgIpc) is 2.99. The Morgan fingerprint density at radius 3 is 2.00 bits per heavy atom. The Kier molecular flexibility index (Phi) is 3.23. The van der Waals surface area contributed by atoms with Crippen LogP contribution < -0.4 is 0 Å². The first-order valence-corrected chi connectivity index (χ1v) is 7.82. The molecule has 1 heterocycles. The van der Waals surface area contributed by atoms with Crippen molar-refractivity contribution in [2.45, 2.75) is 13.8 Å². The maximum Gasteiger partial charge on any atom is 0.100 e. The van der Waals surface area contributed by atoms with Crippen LogP contribution in [0.15, 0.2) is 73.1 Å². The summed E-state index contributed by atoms with van der Waals surface area (Å²) in [6.45, 7) is 4.21. The van der Waals surface area contributed by atoms with E-state index in [0.29, 0.717) is 0 Å². The molecule has 3 aromatic carbocycles. The van der Waals surface area contributed by atoms with Gasteiger partial charge < -0.3 is 0 Å². The predicted octanol–water partition coefficient (Wildman–Crippen LogP) is 5.31. The summed E-state index contributed by atoms with van der Waals surface area (Å²) < 4.78 is 2.15. The van der Waals surface area contributed by atoms with Crippen LogP contribution in [0.3, 0.4) is 0 Å². The van der Waals surface area contributed by atoms with E-state index < -0.39 is 0 Å². The second-order valence-electron chi connectivity index (χ2n) is 6.02. The summed E-state index contributed by atoms with van der Waals surface area (Å²) in [6.07, 6.45) is 1.90. The molecule has 112 valence electrons. The Morgan fingerprint density at radius 2 is 1.30 bits per heavy atom. The highest BCUT2D eigenvalue weighted by molar-refractivity contribution is 5.83. The van der Waals surface area contributed by atoms with Gasteiger partial charge in [0.25, 0.3) is 0 Å². The lowest BCUT2D eigenvalue weighted by Crippen LogP contribution is -1.92. The minimum absolute atomic E-state index is 1.02. The van der Waals surface area contributed by atoms with E-state index in [2.05, 4.69) is 90.1 Å². The van der Waals surface area contributed by atoms with Gasteiger partial charge >= 0.3 is 0 Å². The molecule has 0 aliphatic carbocycles. The van der Waals surface area contributed by atoms with E-state index in [1.807, 2.05) is 6.33 Å². The SMILES string of the molecule is Cc1ccc(-c2ccc3ncn(-c4ccc(C)cc4)c3c2)cc1. The third kappa shape index (κ3) is 2.53. The molecule has 0 fully saturated rings. The summed E-state index contributed by atoms with van der Waals surface area (Å²) in [5, 5.41) is 0. The lowest BCUT2D eigenvalue weighted by atomic mass is 10.0. The van der Waals surface area contributed by atoms with E-state index in [9.17, 15) is 0 Å². The molecule has 2 nitrogen and oxygen atoms in total. The number of hydrogen-bond donors (Lipinski definition) is 0. The van der Waals surface area contributed by atoms with Gasteiger partial charge in [-0.2, -0.15) is 0 Å². The summed E-state index contributed by atoms with van der Waals surface area (Å²) in [4.78, 5) is 4.53. The lowest BCUT2D eigenvalue weighted by Gasteiger charge is -2.07. The molecule has 4 aromatic rings. The van der Waals surface area contributed by atoms with E-state index in [-0.39, 0.29) is 0 Å². The van der Waals surface area contributed by atoms with Gasteiger partial charge in [0.05, 0.1) is 11.0 Å². The first-order valence-electron chi connectivity index (χ1n) is 7.82.